The number of aromatic nitrogens is 1. The summed E-state index contributed by atoms with van der Waals surface area (Å²) in [6, 6.07) is 21.4. The van der Waals surface area contributed by atoms with Gasteiger partial charge in [-0.2, -0.15) is 10.6 Å². The molecule has 1 unspecified atom stereocenters. The highest BCUT2D eigenvalue weighted by atomic mass is 32.3. The summed E-state index contributed by atoms with van der Waals surface area (Å²) >= 11 is 0. The molecule has 1 atom stereocenters. The first-order valence-electron chi connectivity index (χ1n) is 14.1. The van der Waals surface area contributed by atoms with Crippen molar-refractivity contribution >= 4 is 37.0 Å². The average molecular weight is 591 g/mol. The van der Waals surface area contributed by atoms with Crippen molar-refractivity contribution < 1.29 is 17.5 Å². The van der Waals surface area contributed by atoms with E-state index in [0.29, 0.717) is 28.4 Å². The lowest BCUT2D eigenvalue weighted by molar-refractivity contribution is 0.271. The minimum absolute atomic E-state index is 0.272. The predicted molar refractivity (Wildman–Crippen MR) is 166 cm³/mol. The molecule has 2 fully saturated rings. The molecule has 1 aromatic heterocycles. The number of fused-ring (bicyclic) bond motifs is 3. The van der Waals surface area contributed by atoms with Crippen LogP contribution in [0.3, 0.4) is 0 Å². The maximum absolute atomic E-state index is 12.7. The fourth-order valence-electron chi connectivity index (χ4n) is 6.31. The number of anilines is 1. The molecule has 0 aliphatic carbocycles. The van der Waals surface area contributed by atoms with Crippen molar-refractivity contribution in [2.75, 3.05) is 56.5 Å². The number of benzene rings is 3. The van der Waals surface area contributed by atoms with Gasteiger partial charge in [-0.25, -0.2) is 13.4 Å². The summed E-state index contributed by atoms with van der Waals surface area (Å²) < 4.78 is 47.8. The molecule has 214 valence electrons. The van der Waals surface area contributed by atoms with Crippen LogP contribution >= 0.6 is 10.6 Å². The van der Waals surface area contributed by atoms with E-state index >= 15 is 0 Å². The third kappa shape index (κ3) is 4.54. The van der Waals surface area contributed by atoms with Gasteiger partial charge in [0, 0.05) is 55.8 Å². The summed E-state index contributed by atoms with van der Waals surface area (Å²) in [6.45, 7) is 7.92. The smallest absolute Gasteiger partial charge is 0.207 e. The molecule has 4 aliphatic rings. The summed E-state index contributed by atoms with van der Waals surface area (Å²) in [5.74, 6) is 1.21. The Bertz CT molecular complexity index is 1760. The molecule has 0 radical (unpaired) electrons. The topological polar surface area (TPSA) is 106 Å². The Hall–Kier alpha value is -2.99. The molecule has 41 heavy (non-hydrogen) atoms. The van der Waals surface area contributed by atoms with E-state index in [1.165, 1.54) is 0 Å². The van der Waals surface area contributed by atoms with E-state index < -0.39 is 25.7 Å². The lowest BCUT2D eigenvalue weighted by Crippen LogP contribution is -2.46. The van der Waals surface area contributed by atoms with Crippen LogP contribution in [0.5, 0.6) is 0 Å². The molecular formula is C31H34N4O4S2. The number of nitrogens with zero attached hydrogens (tertiary/aromatic N) is 3. The van der Waals surface area contributed by atoms with Crippen LogP contribution in [-0.2, 0) is 9.84 Å². The van der Waals surface area contributed by atoms with Gasteiger partial charge in [-0.15, -0.1) is 0 Å². The highest BCUT2D eigenvalue weighted by molar-refractivity contribution is 8.24. The van der Waals surface area contributed by atoms with Gasteiger partial charge in [0.15, 0.2) is 0 Å². The fraction of sp³-hybridized carbons (Fsp3) is 0.323. The minimum atomic E-state index is -3.41. The van der Waals surface area contributed by atoms with Gasteiger partial charge in [-0.05, 0) is 47.3 Å². The van der Waals surface area contributed by atoms with E-state index in [2.05, 4.69) is 40.2 Å². The number of hydrogen-bond acceptors (Lipinski definition) is 8. The van der Waals surface area contributed by atoms with Gasteiger partial charge in [0.25, 0.3) is 0 Å². The van der Waals surface area contributed by atoms with E-state index in [1.807, 2.05) is 36.4 Å². The molecule has 8 rings (SSSR count). The summed E-state index contributed by atoms with van der Waals surface area (Å²) in [5.41, 5.74) is 3.75. The predicted octanol–water partition coefficient (Wildman–Crippen LogP) is 5.25. The van der Waals surface area contributed by atoms with Crippen LogP contribution in [0.25, 0.3) is 33.2 Å². The molecule has 8 nitrogen and oxygen atoms in total. The van der Waals surface area contributed by atoms with Crippen molar-refractivity contribution in [2.45, 2.75) is 22.0 Å². The number of rotatable bonds is 5. The van der Waals surface area contributed by atoms with Crippen LogP contribution in [0.4, 0.5) is 5.82 Å². The molecule has 4 aromatic rings. The summed E-state index contributed by atoms with van der Waals surface area (Å²) in [7, 11) is -6.34. The number of piperazine rings is 1. The molecule has 2 saturated heterocycles. The van der Waals surface area contributed by atoms with Gasteiger partial charge in [-0.1, -0.05) is 49.4 Å². The van der Waals surface area contributed by atoms with Crippen molar-refractivity contribution in [2.24, 2.45) is 0 Å². The van der Waals surface area contributed by atoms with Gasteiger partial charge in [0.1, 0.15) is 5.82 Å². The normalized spacial score (nSPS) is 22.3. The first-order valence-corrected chi connectivity index (χ1v) is 17.4. The standard InChI is InChI=1S/C31H34N4O4S2/c1-2-34-12-14-35(15-13-34)31-25-6-4-3-5-21(25)18-28(33-31)26-9-7-22(24-10-8-23-19-29(24)41(23,38)39)17-27(26)30-20-32-11-16-40(30,36)37/h3-10,17-19,30,32,36-37H,2,11-16,20H2,1H3. The first-order chi connectivity index (χ1) is 19.8. The van der Waals surface area contributed by atoms with Gasteiger partial charge < -0.3 is 15.1 Å². The van der Waals surface area contributed by atoms with E-state index in [-0.39, 0.29) is 5.75 Å². The summed E-state index contributed by atoms with van der Waals surface area (Å²) in [6.07, 6.45) is 0. The van der Waals surface area contributed by atoms with E-state index in [9.17, 15) is 17.5 Å². The Balaban J connectivity index is 1.40. The second-order valence-corrected chi connectivity index (χ2v) is 15.4. The number of pyridine rings is 1. The van der Waals surface area contributed by atoms with Crippen LogP contribution in [0.15, 0.2) is 76.5 Å². The molecule has 5 heterocycles. The van der Waals surface area contributed by atoms with Crippen LogP contribution in [-0.4, -0.2) is 79.0 Å². The zero-order valence-electron chi connectivity index (χ0n) is 23.0. The quantitative estimate of drug-likeness (QED) is 0.255. The average Bonchev–Trinajstić information content (AvgIpc) is 3.00. The molecule has 2 bridgehead atoms. The van der Waals surface area contributed by atoms with E-state index in [1.54, 1.807) is 12.1 Å². The lowest BCUT2D eigenvalue weighted by atomic mass is 9.94. The van der Waals surface area contributed by atoms with Crippen molar-refractivity contribution in [3.63, 3.8) is 0 Å². The molecule has 4 aliphatic heterocycles. The highest BCUT2D eigenvalue weighted by Crippen LogP contribution is 2.56. The molecule has 3 aromatic carbocycles. The Kier molecular flexibility index (Phi) is 6.61. The second kappa shape index (κ2) is 10.1. The van der Waals surface area contributed by atoms with Crippen molar-refractivity contribution in [1.82, 2.24) is 15.2 Å². The number of sulfone groups is 1. The number of nitrogens with one attached hydrogen (secondary N) is 1. The van der Waals surface area contributed by atoms with Gasteiger partial charge >= 0.3 is 0 Å². The van der Waals surface area contributed by atoms with Gasteiger partial charge in [0.05, 0.1) is 26.5 Å². The molecule has 0 saturated carbocycles. The van der Waals surface area contributed by atoms with Gasteiger partial charge in [-0.3, -0.25) is 9.11 Å². The number of likely N-dealkylation sites (N-methyl/N-ethyl adjacent to an activating group) is 1. The Labute approximate surface area is 242 Å². The minimum Gasteiger partial charge on any atom is -0.354 e. The summed E-state index contributed by atoms with van der Waals surface area (Å²) in [4.78, 5) is 10.7. The maximum atomic E-state index is 12.7. The van der Waals surface area contributed by atoms with E-state index in [4.69, 9.17) is 4.98 Å². The van der Waals surface area contributed by atoms with Crippen LogP contribution in [0, 0.1) is 0 Å². The molecule has 3 N–H and O–H groups in total. The monoisotopic (exact) mass is 590 g/mol. The molecular weight excluding hydrogens is 556 g/mol. The van der Waals surface area contributed by atoms with Gasteiger partial charge in [0.2, 0.25) is 9.84 Å². The van der Waals surface area contributed by atoms with Crippen molar-refractivity contribution in [1.29, 1.82) is 0 Å². The third-order valence-electron chi connectivity index (χ3n) is 8.74. The van der Waals surface area contributed by atoms with Crippen LogP contribution in [0.1, 0.15) is 17.7 Å². The third-order valence-corrected chi connectivity index (χ3v) is 12.7. The second-order valence-electron chi connectivity index (χ2n) is 11.1. The fourth-order valence-corrected chi connectivity index (χ4v) is 9.37. The Morgan fingerprint density at radius 1 is 0.951 bits per heavy atom. The Morgan fingerprint density at radius 3 is 2.46 bits per heavy atom. The zero-order chi connectivity index (χ0) is 28.4. The molecule has 0 spiro atoms. The Morgan fingerprint density at radius 2 is 1.73 bits per heavy atom. The van der Waals surface area contributed by atoms with Crippen molar-refractivity contribution in [3.8, 4) is 22.4 Å². The largest absolute Gasteiger partial charge is 0.354 e. The highest BCUT2D eigenvalue weighted by Gasteiger charge is 2.35. The van der Waals surface area contributed by atoms with E-state index in [0.717, 1.165) is 71.7 Å². The summed E-state index contributed by atoms with van der Waals surface area (Å²) in [5, 5.41) is 4.96. The van der Waals surface area contributed by atoms with Crippen molar-refractivity contribution in [3.05, 3.63) is 72.3 Å². The SMILES string of the molecule is CCN1CCN(c2nc(-c3ccc(-c4ccc5cc4S5(=O)=O)cc3C3CNCCS3(O)O)cc3ccccc23)CC1. The molecule has 10 heteroatoms. The zero-order valence-corrected chi connectivity index (χ0v) is 24.6. The van der Waals surface area contributed by atoms with Crippen LogP contribution in [0.2, 0.25) is 0 Å². The van der Waals surface area contributed by atoms with Crippen LogP contribution < -0.4 is 10.2 Å². The number of hydrogen-bond donors (Lipinski definition) is 3. The molecule has 0 amide bonds. The lowest BCUT2D eigenvalue weighted by Gasteiger charge is -2.44. The maximum Gasteiger partial charge on any atom is 0.207 e. The first kappa shape index (κ1) is 26.9.